The lowest BCUT2D eigenvalue weighted by molar-refractivity contribution is -0.914. The molecule has 146 valence electrons. The minimum Gasteiger partial charge on any atom is -0.360 e. The van der Waals surface area contributed by atoms with Gasteiger partial charge in [0.25, 0.3) is 5.56 Å². The smallest absolute Gasteiger partial charge is 0.259 e. The van der Waals surface area contributed by atoms with E-state index < -0.39 is 0 Å². The zero-order valence-corrected chi connectivity index (χ0v) is 16.9. The number of nitrogens with zero attached hydrogens (tertiary/aromatic N) is 3. The Labute approximate surface area is 173 Å². The third-order valence-electron chi connectivity index (χ3n) is 5.55. The number of anilines is 1. The van der Waals surface area contributed by atoms with Gasteiger partial charge in [0.2, 0.25) is 0 Å². The Bertz CT molecular complexity index is 1160. The van der Waals surface area contributed by atoms with Gasteiger partial charge in [0.1, 0.15) is 12.2 Å². The first-order valence-corrected chi connectivity index (χ1v) is 10.8. The Morgan fingerprint density at radius 1 is 0.966 bits per heavy atom. The average Bonchev–Trinajstić information content (AvgIpc) is 3.20. The topological polar surface area (TPSA) is 42.0 Å². The zero-order valence-electron chi connectivity index (χ0n) is 16.1. The molecule has 0 unspecified atom stereocenters. The van der Waals surface area contributed by atoms with E-state index in [9.17, 15) is 4.79 Å². The van der Waals surface area contributed by atoms with Crippen LogP contribution in [0.1, 0.15) is 5.69 Å². The zero-order chi connectivity index (χ0) is 19.6. The number of benzene rings is 2. The molecule has 3 heterocycles. The monoisotopic (exact) mass is 403 g/mol. The highest BCUT2D eigenvalue weighted by Gasteiger charge is 2.21. The van der Waals surface area contributed by atoms with Gasteiger partial charge in [-0.15, -0.1) is 11.3 Å². The van der Waals surface area contributed by atoms with Crippen molar-refractivity contribution < 1.29 is 4.90 Å². The molecule has 1 N–H and O–H groups in total. The predicted molar refractivity (Wildman–Crippen MR) is 118 cm³/mol. The number of piperazine rings is 1. The highest BCUT2D eigenvalue weighted by molar-refractivity contribution is 7.15. The van der Waals surface area contributed by atoms with Gasteiger partial charge in [-0.25, -0.2) is 4.98 Å². The van der Waals surface area contributed by atoms with Crippen LogP contribution in [-0.2, 0) is 6.54 Å². The van der Waals surface area contributed by atoms with Crippen LogP contribution in [0.4, 0.5) is 5.69 Å². The van der Waals surface area contributed by atoms with E-state index in [4.69, 9.17) is 4.98 Å². The summed E-state index contributed by atoms with van der Waals surface area (Å²) in [6.07, 6.45) is 0. The quantitative estimate of drug-likeness (QED) is 0.569. The van der Waals surface area contributed by atoms with Crippen molar-refractivity contribution in [2.24, 2.45) is 0 Å². The summed E-state index contributed by atoms with van der Waals surface area (Å²) >= 11 is 1.53. The first-order chi connectivity index (χ1) is 14.3. The minimum absolute atomic E-state index is 0.00687. The Hall–Kier alpha value is -2.96. The Morgan fingerprint density at radius 2 is 1.66 bits per heavy atom. The maximum atomic E-state index is 12.8. The van der Waals surface area contributed by atoms with Crippen LogP contribution in [-0.4, -0.2) is 35.6 Å². The molecular formula is C23H23N4OS+. The first-order valence-electron chi connectivity index (χ1n) is 9.97. The normalized spacial score (nSPS) is 15.1. The van der Waals surface area contributed by atoms with Crippen LogP contribution in [0.15, 0.2) is 76.9 Å². The number of para-hydroxylation sites is 1. The fourth-order valence-electron chi connectivity index (χ4n) is 4.02. The van der Waals surface area contributed by atoms with Crippen LogP contribution in [0, 0.1) is 0 Å². The van der Waals surface area contributed by atoms with Crippen molar-refractivity contribution in [3.63, 3.8) is 0 Å². The standard InChI is InChI=1S/C23H22N4OS/c28-22-15-19(16-25-11-13-26(14-12-25)20-9-5-2-6-10-20)24-23-27(22)21(17-29-23)18-7-3-1-4-8-18/h1-10,15,17H,11-14,16H2/p+1. The molecule has 0 spiro atoms. The van der Waals surface area contributed by atoms with Crippen LogP contribution in [0.25, 0.3) is 16.2 Å². The molecule has 4 aromatic rings. The minimum atomic E-state index is 0.00687. The molecule has 2 aromatic carbocycles. The van der Waals surface area contributed by atoms with Crippen molar-refractivity contribution in [1.82, 2.24) is 9.38 Å². The van der Waals surface area contributed by atoms with Gasteiger partial charge in [-0.1, -0.05) is 48.5 Å². The summed E-state index contributed by atoms with van der Waals surface area (Å²) in [4.78, 5) is 22.3. The lowest BCUT2D eigenvalue weighted by Gasteiger charge is -2.33. The lowest BCUT2D eigenvalue weighted by atomic mass is 10.2. The second-order valence-corrected chi connectivity index (χ2v) is 8.28. The Kier molecular flexibility index (Phi) is 4.87. The Morgan fingerprint density at radius 3 is 2.38 bits per heavy atom. The van der Waals surface area contributed by atoms with Gasteiger partial charge in [0.05, 0.1) is 31.9 Å². The molecule has 29 heavy (non-hydrogen) atoms. The van der Waals surface area contributed by atoms with E-state index in [1.165, 1.54) is 21.9 Å². The summed E-state index contributed by atoms with van der Waals surface area (Å²) in [6.45, 7) is 4.95. The molecule has 0 amide bonds. The van der Waals surface area contributed by atoms with Crippen LogP contribution in [0.3, 0.4) is 0 Å². The molecule has 0 aliphatic carbocycles. The fourth-order valence-corrected chi connectivity index (χ4v) is 4.94. The molecule has 0 radical (unpaired) electrons. The number of fused-ring (bicyclic) bond motifs is 1. The summed E-state index contributed by atoms with van der Waals surface area (Å²) in [5.74, 6) is 0. The third kappa shape index (κ3) is 3.69. The van der Waals surface area contributed by atoms with Crippen molar-refractivity contribution >= 4 is 22.0 Å². The van der Waals surface area contributed by atoms with Gasteiger partial charge in [0.15, 0.2) is 4.96 Å². The summed E-state index contributed by atoms with van der Waals surface area (Å²) in [6, 6.07) is 22.3. The van der Waals surface area contributed by atoms with E-state index in [0.29, 0.717) is 0 Å². The van der Waals surface area contributed by atoms with Gasteiger partial charge in [-0.3, -0.25) is 9.20 Å². The number of aromatic nitrogens is 2. The number of hydrogen-bond acceptors (Lipinski definition) is 4. The van der Waals surface area contributed by atoms with Crippen molar-refractivity contribution in [2.45, 2.75) is 6.54 Å². The van der Waals surface area contributed by atoms with E-state index in [0.717, 1.165) is 54.6 Å². The van der Waals surface area contributed by atoms with E-state index in [2.05, 4.69) is 35.2 Å². The number of nitrogens with one attached hydrogen (secondary N) is 1. The number of quaternary nitrogens is 1. The maximum absolute atomic E-state index is 12.8. The summed E-state index contributed by atoms with van der Waals surface area (Å²) in [5.41, 5.74) is 4.14. The molecule has 1 saturated heterocycles. The molecular weight excluding hydrogens is 380 g/mol. The number of thiazole rings is 1. The third-order valence-corrected chi connectivity index (χ3v) is 6.38. The van der Waals surface area contributed by atoms with E-state index in [1.807, 2.05) is 35.7 Å². The average molecular weight is 404 g/mol. The Balaban J connectivity index is 1.33. The summed E-state index contributed by atoms with van der Waals surface area (Å²) in [5, 5.41) is 2.02. The second kappa shape index (κ2) is 7.81. The van der Waals surface area contributed by atoms with Crippen molar-refractivity contribution in [3.8, 4) is 11.3 Å². The van der Waals surface area contributed by atoms with E-state index in [-0.39, 0.29) is 5.56 Å². The number of hydrogen-bond donors (Lipinski definition) is 1. The lowest BCUT2D eigenvalue weighted by Crippen LogP contribution is -3.13. The van der Waals surface area contributed by atoms with Crippen molar-refractivity contribution in [3.05, 3.63) is 88.2 Å². The fraction of sp³-hybridized carbons (Fsp3) is 0.217. The summed E-state index contributed by atoms with van der Waals surface area (Å²) < 4.78 is 1.73. The molecule has 5 nitrogen and oxygen atoms in total. The highest BCUT2D eigenvalue weighted by atomic mass is 32.1. The SMILES string of the molecule is O=c1cc(C[NH+]2CCN(c3ccccc3)CC2)nc2scc(-c3ccccc3)n12. The molecule has 6 heteroatoms. The predicted octanol–water partition coefficient (Wildman–Crippen LogP) is 2.33. The van der Waals surface area contributed by atoms with Crippen LogP contribution in [0.5, 0.6) is 0 Å². The molecule has 5 rings (SSSR count). The van der Waals surface area contributed by atoms with Gasteiger partial charge < -0.3 is 9.80 Å². The van der Waals surface area contributed by atoms with Crippen LogP contribution in [0.2, 0.25) is 0 Å². The summed E-state index contributed by atoms with van der Waals surface area (Å²) in [7, 11) is 0. The van der Waals surface area contributed by atoms with Crippen molar-refractivity contribution in [2.75, 3.05) is 31.1 Å². The molecule has 1 aliphatic heterocycles. The highest BCUT2D eigenvalue weighted by Crippen LogP contribution is 2.23. The van der Waals surface area contributed by atoms with Crippen LogP contribution >= 0.6 is 11.3 Å². The maximum Gasteiger partial charge on any atom is 0.259 e. The van der Waals surface area contributed by atoms with Gasteiger partial charge in [-0.2, -0.15) is 0 Å². The van der Waals surface area contributed by atoms with Gasteiger partial charge in [-0.05, 0) is 17.7 Å². The molecule has 1 aliphatic rings. The number of rotatable bonds is 4. The molecule has 0 saturated carbocycles. The van der Waals surface area contributed by atoms with E-state index >= 15 is 0 Å². The first kappa shape index (κ1) is 18.1. The molecule has 1 fully saturated rings. The second-order valence-electron chi connectivity index (χ2n) is 7.44. The van der Waals surface area contributed by atoms with Gasteiger partial charge >= 0.3 is 0 Å². The van der Waals surface area contributed by atoms with Crippen molar-refractivity contribution in [1.29, 1.82) is 0 Å². The van der Waals surface area contributed by atoms with Gasteiger partial charge in [0, 0.05) is 17.1 Å². The van der Waals surface area contributed by atoms with E-state index in [1.54, 1.807) is 10.5 Å². The largest absolute Gasteiger partial charge is 0.360 e. The molecule has 0 bridgehead atoms. The molecule has 0 atom stereocenters. The van der Waals surface area contributed by atoms with Crippen LogP contribution < -0.4 is 15.4 Å². The molecule has 2 aromatic heterocycles.